The van der Waals surface area contributed by atoms with E-state index in [0.29, 0.717) is 5.92 Å². The van der Waals surface area contributed by atoms with Crippen molar-refractivity contribution in [2.24, 2.45) is 0 Å². The minimum absolute atomic E-state index is 0.524. The number of hydrogen-bond donors (Lipinski definition) is 0. The lowest BCUT2D eigenvalue weighted by Crippen LogP contribution is -2.12. The summed E-state index contributed by atoms with van der Waals surface area (Å²) in [6, 6.07) is 24.9. The van der Waals surface area contributed by atoms with Gasteiger partial charge in [-0.2, -0.15) is 0 Å². The summed E-state index contributed by atoms with van der Waals surface area (Å²) in [5, 5.41) is 5.61. The second kappa shape index (κ2) is 6.99. The van der Waals surface area contributed by atoms with Crippen LogP contribution in [0.4, 0.5) is 0 Å². The average Bonchev–Trinajstić information content (AvgIpc) is 2.80. The molecule has 4 aromatic rings. The van der Waals surface area contributed by atoms with Gasteiger partial charge in [-0.1, -0.05) is 85.0 Å². The average molecular weight is 387 g/mol. The maximum Gasteiger partial charge on any atom is -0.00743 e. The van der Waals surface area contributed by atoms with E-state index in [1.54, 1.807) is 11.1 Å². The van der Waals surface area contributed by atoms with Gasteiger partial charge in [0.1, 0.15) is 0 Å². The van der Waals surface area contributed by atoms with E-state index >= 15 is 0 Å². The molecule has 0 fully saturated rings. The Morgan fingerprint density at radius 3 is 2.57 bits per heavy atom. The van der Waals surface area contributed by atoms with Crippen LogP contribution in [-0.4, -0.2) is 0 Å². The summed E-state index contributed by atoms with van der Waals surface area (Å²) in [6.07, 6.45) is 11.7. The molecule has 0 amide bonds. The predicted molar refractivity (Wildman–Crippen MR) is 130 cm³/mol. The SMILES string of the molecule is CC1=CCC(Cc2cc3ccccc3c3c2C=CCC3)c2c1ccc1ccccc21. The van der Waals surface area contributed by atoms with Crippen molar-refractivity contribution in [3.8, 4) is 0 Å². The predicted octanol–water partition coefficient (Wildman–Crippen LogP) is 8.09. The molecule has 0 radical (unpaired) electrons. The summed E-state index contributed by atoms with van der Waals surface area (Å²) in [6.45, 7) is 2.27. The van der Waals surface area contributed by atoms with Crippen molar-refractivity contribution in [1.82, 2.24) is 0 Å². The molecule has 146 valence electrons. The van der Waals surface area contributed by atoms with Crippen LogP contribution in [0.1, 0.15) is 53.5 Å². The van der Waals surface area contributed by atoms with Crippen molar-refractivity contribution < 1.29 is 0 Å². The lowest BCUT2D eigenvalue weighted by molar-refractivity contribution is 0.690. The lowest BCUT2D eigenvalue weighted by atomic mass is 9.76. The molecule has 30 heavy (non-hydrogen) atoms. The topological polar surface area (TPSA) is 0 Å². The Labute approximate surface area is 178 Å². The highest BCUT2D eigenvalue weighted by Crippen LogP contribution is 2.42. The van der Waals surface area contributed by atoms with Gasteiger partial charge in [-0.05, 0) is 93.5 Å². The fourth-order valence-corrected chi connectivity index (χ4v) is 5.65. The molecule has 0 aromatic heterocycles. The van der Waals surface area contributed by atoms with Crippen LogP contribution in [0.3, 0.4) is 0 Å². The number of rotatable bonds is 2. The first-order chi connectivity index (χ1) is 14.8. The Morgan fingerprint density at radius 1 is 0.867 bits per heavy atom. The van der Waals surface area contributed by atoms with E-state index in [-0.39, 0.29) is 0 Å². The van der Waals surface area contributed by atoms with Crippen molar-refractivity contribution in [2.45, 2.75) is 38.5 Å². The zero-order valence-corrected chi connectivity index (χ0v) is 17.5. The quantitative estimate of drug-likeness (QED) is 0.326. The van der Waals surface area contributed by atoms with E-state index < -0.39 is 0 Å². The molecule has 0 nitrogen and oxygen atoms in total. The minimum atomic E-state index is 0.524. The highest BCUT2D eigenvalue weighted by Gasteiger charge is 2.24. The molecule has 0 spiro atoms. The molecular formula is C30H26. The zero-order chi connectivity index (χ0) is 20.1. The molecule has 4 aromatic carbocycles. The molecule has 1 unspecified atom stereocenters. The largest absolute Gasteiger partial charge is 0.0836 e. The van der Waals surface area contributed by atoms with Gasteiger partial charge < -0.3 is 0 Å². The van der Waals surface area contributed by atoms with Crippen LogP contribution in [0.25, 0.3) is 33.2 Å². The zero-order valence-electron chi connectivity index (χ0n) is 17.5. The Kier molecular flexibility index (Phi) is 4.13. The first-order valence-corrected chi connectivity index (χ1v) is 11.2. The molecule has 0 bridgehead atoms. The second-order valence-corrected chi connectivity index (χ2v) is 8.86. The van der Waals surface area contributed by atoms with E-state index in [9.17, 15) is 0 Å². The standard InChI is InChI=1S/C30H26/c1-20-14-15-23(30-25(20)17-16-21-8-2-5-12-28(21)30)19-24-18-22-9-3-4-10-26(22)29-13-7-6-11-27(24)29/h2-6,8-12,14,16-18,23H,7,13,15,19H2,1H3. The highest BCUT2D eigenvalue weighted by atomic mass is 14.3. The van der Waals surface area contributed by atoms with Crippen LogP contribution in [0.15, 0.2) is 78.9 Å². The lowest BCUT2D eigenvalue weighted by Gasteiger charge is -2.28. The molecular weight excluding hydrogens is 360 g/mol. The van der Waals surface area contributed by atoms with Crippen molar-refractivity contribution in [1.29, 1.82) is 0 Å². The maximum absolute atomic E-state index is 2.46. The van der Waals surface area contributed by atoms with Gasteiger partial charge in [0.25, 0.3) is 0 Å². The van der Waals surface area contributed by atoms with Crippen LogP contribution in [0, 0.1) is 0 Å². The van der Waals surface area contributed by atoms with Crippen LogP contribution < -0.4 is 0 Å². The number of aryl methyl sites for hydroxylation is 1. The number of allylic oxidation sites excluding steroid dienone is 3. The number of benzene rings is 4. The number of fused-ring (bicyclic) bond motifs is 6. The molecule has 2 aliphatic carbocycles. The third kappa shape index (κ3) is 2.75. The van der Waals surface area contributed by atoms with Crippen molar-refractivity contribution >= 4 is 33.2 Å². The first-order valence-electron chi connectivity index (χ1n) is 11.2. The Balaban J connectivity index is 1.53. The van der Waals surface area contributed by atoms with Gasteiger partial charge in [0.15, 0.2) is 0 Å². The van der Waals surface area contributed by atoms with Crippen LogP contribution in [0.5, 0.6) is 0 Å². The Bertz CT molecular complexity index is 1350. The monoisotopic (exact) mass is 386 g/mol. The summed E-state index contributed by atoms with van der Waals surface area (Å²) in [5.74, 6) is 0.524. The molecule has 0 aliphatic heterocycles. The normalized spacial score (nSPS) is 17.6. The van der Waals surface area contributed by atoms with Gasteiger partial charge in [0, 0.05) is 0 Å². The third-order valence-corrected chi connectivity index (χ3v) is 7.11. The van der Waals surface area contributed by atoms with Crippen molar-refractivity contribution in [2.75, 3.05) is 0 Å². The molecule has 0 saturated heterocycles. The molecule has 1 atom stereocenters. The van der Waals surface area contributed by atoms with Gasteiger partial charge in [-0.3, -0.25) is 0 Å². The van der Waals surface area contributed by atoms with Crippen LogP contribution in [0.2, 0.25) is 0 Å². The summed E-state index contributed by atoms with van der Waals surface area (Å²) >= 11 is 0. The molecule has 0 heteroatoms. The third-order valence-electron chi connectivity index (χ3n) is 7.11. The molecule has 0 N–H and O–H groups in total. The van der Waals surface area contributed by atoms with Crippen molar-refractivity contribution in [3.63, 3.8) is 0 Å². The van der Waals surface area contributed by atoms with Gasteiger partial charge in [-0.25, -0.2) is 0 Å². The molecule has 0 heterocycles. The fraction of sp³-hybridized carbons (Fsp3) is 0.200. The van der Waals surface area contributed by atoms with E-state index in [1.165, 1.54) is 43.8 Å². The maximum atomic E-state index is 2.46. The first kappa shape index (κ1) is 17.7. The Hall–Kier alpha value is -3.12. The molecule has 2 aliphatic rings. The number of hydrogen-bond acceptors (Lipinski definition) is 0. The smallest absolute Gasteiger partial charge is 0.00743 e. The summed E-state index contributed by atoms with van der Waals surface area (Å²) in [4.78, 5) is 0. The minimum Gasteiger partial charge on any atom is -0.0836 e. The Morgan fingerprint density at radius 2 is 1.67 bits per heavy atom. The van der Waals surface area contributed by atoms with E-state index in [0.717, 1.165) is 25.7 Å². The van der Waals surface area contributed by atoms with Gasteiger partial charge in [0.2, 0.25) is 0 Å². The van der Waals surface area contributed by atoms with Gasteiger partial charge in [-0.15, -0.1) is 0 Å². The molecule has 0 saturated carbocycles. The summed E-state index contributed by atoms with van der Waals surface area (Å²) in [5.41, 5.74) is 8.95. The van der Waals surface area contributed by atoms with Crippen molar-refractivity contribution in [3.05, 3.63) is 107 Å². The van der Waals surface area contributed by atoms with Crippen LogP contribution >= 0.6 is 0 Å². The summed E-state index contributed by atoms with van der Waals surface area (Å²) in [7, 11) is 0. The van der Waals surface area contributed by atoms with Crippen LogP contribution in [-0.2, 0) is 12.8 Å². The fourth-order valence-electron chi connectivity index (χ4n) is 5.65. The van der Waals surface area contributed by atoms with E-state index in [1.807, 2.05) is 0 Å². The molecule has 6 rings (SSSR count). The highest BCUT2D eigenvalue weighted by molar-refractivity contribution is 5.93. The second-order valence-electron chi connectivity index (χ2n) is 8.86. The van der Waals surface area contributed by atoms with Gasteiger partial charge >= 0.3 is 0 Å². The van der Waals surface area contributed by atoms with E-state index in [2.05, 4.69) is 91.9 Å². The summed E-state index contributed by atoms with van der Waals surface area (Å²) < 4.78 is 0. The van der Waals surface area contributed by atoms with Gasteiger partial charge in [0.05, 0.1) is 0 Å². The van der Waals surface area contributed by atoms with E-state index in [4.69, 9.17) is 0 Å².